The molecule has 0 radical (unpaired) electrons. The number of hydrogen-bond donors (Lipinski definition) is 1. The van der Waals surface area contributed by atoms with Crippen molar-refractivity contribution >= 4 is 54.2 Å². The number of nitrogens with zero attached hydrogens (tertiary/aromatic N) is 2. The highest BCUT2D eigenvalue weighted by Crippen LogP contribution is 2.31. The lowest BCUT2D eigenvalue weighted by atomic mass is 10.2. The Hall–Kier alpha value is -1.22. The number of aromatic nitrogens is 1. The van der Waals surface area contributed by atoms with Gasteiger partial charge in [-0.15, -0.1) is 0 Å². The average Bonchev–Trinajstić information content (AvgIpc) is 3.03. The van der Waals surface area contributed by atoms with E-state index >= 15 is 0 Å². The number of anilines is 1. The smallest absolute Gasteiger partial charge is 0.244 e. The highest BCUT2D eigenvalue weighted by molar-refractivity contribution is 7.88. The van der Waals surface area contributed by atoms with Crippen LogP contribution < -0.4 is 5.32 Å². The zero-order valence-corrected chi connectivity index (χ0v) is 15.1. The minimum Gasteiger partial charge on any atom is -0.301 e. The predicted octanol–water partition coefficient (Wildman–Crippen LogP) is 2.62. The van der Waals surface area contributed by atoms with E-state index in [1.165, 1.54) is 15.6 Å². The standard InChI is InChI=1S/C14H16ClN3O3S2/c1-8-6-9(15)7-11-12(8)16-14(22-11)17-13(19)10-4-3-5-18(10)23(2,20)21/h6-7,10H,3-5H2,1-2H3,(H,16,17,19). The van der Waals surface area contributed by atoms with Gasteiger partial charge in [0.2, 0.25) is 15.9 Å². The number of amides is 1. The summed E-state index contributed by atoms with van der Waals surface area (Å²) in [7, 11) is -3.39. The van der Waals surface area contributed by atoms with Crippen LogP contribution in [0.5, 0.6) is 0 Å². The van der Waals surface area contributed by atoms with Gasteiger partial charge in [0.05, 0.1) is 16.5 Å². The zero-order valence-electron chi connectivity index (χ0n) is 12.7. The number of halogens is 1. The molecule has 1 atom stereocenters. The molecule has 124 valence electrons. The van der Waals surface area contributed by atoms with Crippen LogP contribution >= 0.6 is 22.9 Å². The number of sulfonamides is 1. The second-order valence-corrected chi connectivity index (χ2v) is 9.01. The molecule has 1 aliphatic rings. The fourth-order valence-electron chi connectivity index (χ4n) is 2.80. The lowest BCUT2D eigenvalue weighted by Gasteiger charge is -2.20. The van der Waals surface area contributed by atoms with Gasteiger partial charge < -0.3 is 5.32 Å². The third-order valence-electron chi connectivity index (χ3n) is 3.81. The van der Waals surface area contributed by atoms with Gasteiger partial charge in [-0.05, 0) is 37.5 Å². The molecular weight excluding hydrogens is 358 g/mol. The normalized spacial score (nSPS) is 19.3. The van der Waals surface area contributed by atoms with Crippen LogP contribution in [0.4, 0.5) is 5.13 Å². The molecule has 0 aliphatic carbocycles. The SMILES string of the molecule is Cc1cc(Cl)cc2sc(NC(=O)C3CCCN3S(C)(=O)=O)nc12. The highest BCUT2D eigenvalue weighted by atomic mass is 35.5. The molecule has 1 amide bonds. The minimum absolute atomic E-state index is 0.337. The van der Waals surface area contributed by atoms with E-state index in [-0.39, 0.29) is 5.91 Å². The van der Waals surface area contributed by atoms with Gasteiger partial charge >= 0.3 is 0 Å². The van der Waals surface area contributed by atoms with Crippen molar-refractivity contribution in [2.45, 2.75) is 25.8 Å². The first-order valence-electron chi connectivity index (χ1n) is 7.10. The van der Waals surface area contributed by atoms with Crippen LogP contribution in [0, 0.1) is 6.92 Å². The van der Waals surface area contributed by atoms with Gasteiger partial charge in [-0.3, -0.25) is 4.79 Å². The molecule has 3 rings (SSSR count). The van der Waals surface area contributed by atoms with Gasteiger partial charge in [0.25, 0.3) is 0 Å². The van der Waals surface area contributed by atoms with Crippen LogP contribution in [0.15, 0.2) is 12.1 Å². The largest absolute Gasteiger partial charge is 0.301 e. The zero-order chi connectivity index (χ0) is 16.8. The van der Waals surface area contributed by atoms with Gasteiger partial charge in [0.15, 0.2) is 5.13 Å². The molecule has 2 aromatic rings. The number of aryl methyl sites for hydroxylation is 1. The van der Waals surface area contributed by atoms with Crippen LogP contribution in [0.1, 0.15) is 18.4 Å². The second kappa shape index (κ2) is 6.01. The Balaban J connectivity index is 1.84. The monoisotopic (exact) mass is 373 g/mol. The van der Waals surface area contributed by atoms with E-state index in [4.69, 9.17) is 11.6 Å². The molecule has 1 aromatic carbocycles. The Labute approximate surface area is 143 Å². The fourth-order valence-corrected chi connectivity index (χ4v) is 5.24. The topological polar surface area (TPSA) is 79.4 Å². The molecule has 1 saturated heterocycles. The highest BCUT2D eigenvalue weighted by Gasteiger charge is 2.36. The summed E-state index contributed by atoms with van der Waals surface area (Å²) in [6, 6.07) is 2.95. The molecule has 1 fully saturated rings. The first-order valence-corrected chi connectivity index (χ1v) is 10.1. The summed E-state index contributed by atoms with van der Waals surface area (Å²) in [4.78, 5) is 16.8. The Morgan fingerprint density at radius 3 is 2.91 bits per heavy atom. The van der Waals surface area contributed by atoms with Crippen LogP contribution in [-0.2, 0) is 14.8 Å². The van der Waals surface area contributed by atoms with Crippen molar-refractivity contribution in [3.63, 3.8) is 0 Å². The van der Waals surface area contributed by atoms with Crippen molar-refractivity contribution in [3.05, 3.63) is 22.7 Å². The van der Waals surface area contributed by atoms with Crippen molar-refractivity contribution in [2.75, 3.05) is 18.1 Å². The molecule has 1 aliphatic heterocycles. The maximum Gasteiger partial charge on any atom is 0.244 e. The molecule has 0 saturated carbocycles. The quantitative estimate of drug-likeness (QED) is 0.896. The fraction of sp³-hybridized carbons (Fsp3) is 0.429. The Bertz CT molecular complexity index is 879. The first-order chi connectivity index (χ1) is 10.8. The Morgan fingerprint density at radius 2 is 2.22 bits per heavy atom. The molecule has 0 spiro atoms. The molecule has 0 bridgehead atoms. The van der Waals surface area contributed by atoms with E-state index < -0.39 is 16.1 Å². The number of hydrogen-bond acceptors (Lipinski definition) is 5. The summed E-state index contributed by atoms with van der Waals surface area (Å²) < 4.78 is 25.6. The lowest BCUT2D eigenvalue weighted by molar-refractivity contribution is -0.119. The summed E-state index contributed by atoms with van der Waals surface area (Å²) >= 11 is 7.36. The van der Waals surface area contributed by atoms with E-state index in [1.807, 2.05) is 13.0 Å². The number of fused-ring (bicyclic) bond motifs is 1. The van der Waals surface area contributed by atoms with Gasteiger partial charge in [-0.25, -0.2) is 13.4 Å². The number of nitrogens with one attached hydrogen (secondary N) is 1. The van der Waals surface area contributed by atoms with E-state index in [9.17, 15) is 13.2 Å². The summed E-state index contributed by atoms with van der Waals surface area (Å²) in [6.45, 7) is 2.29. The summed E-state index contributed by atoms with van der Waals surface area (Å²) in [5.41, 5.74) is 1.73. The van der Waals surface area contributed by atoms with Gasteiger partial charge in [0, 0.05) is 11.6 Å². The van der Waals surface area contributed by atoms with Crippen molar-refractivity contribution < 1.29 is 13.2 Å². The molecule has 1 aromatic heterocycles. The molecular formula is C14H16ClN3O3S2. The third-order valence-corrected chi connectivity index (χ3v) is 6.24. The van der Waals surface area contributed by atoms with E-state index in [0.717, 1.165) is 22.0 Å². The van der Waals surface area contributed by atoms with Crippen LogP contribution in [0.25, 0.3) is 10.2 Å². The number of thiazole rings is 1. The second-order valence-electron chi connectivity index (χ2n) is 5.61. The number of carbonyl (C=O) groups excluding carboxylic acids is 1. The predicted molar refractivity (Wildman–Crippen MR) is 92.6 cm³/mol. The third kappa shape index (κ3) is 3.35. The molecule has 9 heteroatoms. The number of benzene rings is 1. The van der Waals surface area contributed by atoms with Crippen LogP contribution in [-0.4, -0.2) is 42.5 Å². The van der Waals surface area contributed by atoms with E-state index in [2.05, 4.69) is 10.3 Å². The minimum atomic E-state index is -3.39. The van der Waals surface area contributed by atoms with Crippen LogP contribution in [0.3, 0.4) is 0 Å². The van der Waals surface area contributed by atoms with Crippen molar-refractivity contribution in [1.29, 1.82) is 0 Å². The van der Waals surface area contributed by atoms with E-state index in [0.29, 0.717) is 29.5 Å². The van der Waals surface area contributed by atoms with Crippen molar-refractivity contribution in [3.8, 4) is 0 Å². The number of rotatable bonds is 3. The van der Waals surface area contributed by atoms with Crippen molar-refractivity contribution in [2.24, 2.45) is 0 Å². The van der Waals surface area contributed by atoms with Gasteiger partial charge in [-0.1, -0.05) is 22.9 Å². The maximum absolute atomic E-state index is 12.4. The maximum atomic E-state index is 12.4. The van der Waals surface area contributed by atoms with E-state index in [1.54, 1.807) is 6.07 Å². The number of carbonyl (C=O) groups is 1. The molecule has 1 N–H and O–H groups in total. The van der Waals surface area contributed by atoms with Crippen molar-refractivity contribution in [1.82, 2.24) is 9.29 Å². The lowest BCUT2D eigenvalue weighted by Crippen LogP contribution is -2.42. The molecule has 2 heterocycles. The average molecular weight is 374 g/mol. The summed E-state index contributed by atoms with van der Waals surface area (Å²) in [5.74, 6) is -0.337. The Kier molecular flexibility index (Phi) is 4.35. The molecule has 1 unspecified atom stereocenters. The van der Waals surface area contributed by atoms with Crippen LogP contribution in [0.2, 0.25) is 5.02 Å². The Morgan fingerprint density at radius 1 is 1.48 bits per heavy atom. The van der Waals surface area contributed by atoms with Gasteiger partial charge in [-0.2, -0.15) is 4.31 Å². The molecule has 6 nitrogen and oxygen atoms in total. The summed E-state index contributed by atoms with van der Waals surface area (Å²) in [5, 5.41) is 3.82. The molecule has 23 heavy (non-hydrogen) atoms. The first kappa shape index (κ1) is 16.6. The van der Waals surface area contributed by atoms with Gasteiger partial charge in [0.1, 0.15) is 6.04 Å². The summed E-state index contributed by atoms with van der Waals surface area (Å²) in [6.07, 6.45) is 2.33.